The van der Waals surface area contributed by atoms with Crippen LogP contribution in [0, 0.1) is 10.8 Å². The highest BCUT2D eigenvalue weighted by Crippen LogP contribution is 2.10. The number of rotatable bonds is 17. The topological polar surface area (TPSA) is 106 Å². The van der Waals surface area contributed by atoms with Gasteiger partial charge < -0.3 is 21.5 Å². The number of carbonyl (C=O) groups is 2. The van der Waals surface area contributed by atoms with Gasteiger partial charge in [0.25, 0.3) is 0 Å². The van der Waals surface area contributed by atoms with Crippen molar-refractivity contribution in [2.24, 2.45) is 0 Å². The molecule has 6 heteroatoms. The van der Waals surface area contributed by atoms with E-state index in [9.17, 15) is 9.59 Å². The van der Waals surface area contributed by atoms with Gasteiger partial charge in [0.2, 0.25) is 11.8 Å². The van der Waals surface area contributed by atoms with Gasteiger partial charge in [0, 0.05) is 24.5 Å². The van der Waals surface area contributed by atoms with Crippen LogP contribution in [0.1, 0.15) is 90.9 Å². The first-order valence-corrected chi connectivity index (χ1v) is 10.0. The molecule has 0 aliphatic carbocycles. The maximum absolute atomic E-state index is 11.3. The molecular formula is C20H38N4O2. The summed E-state index contributed by atoms with van der Waals surface area (Å²) in [4.78, 5) is 22.7. The smallest absolute Gasteiger partial charge is 0.225 e. The lowest BCUT2D eigenvalue weighted by Gasteiger charge is -2.05. The van der Waals surface area contributed by atoms with Gasteiger partial charge in [-0.05, 0) is 26.7 Å². The van der Waals surface area contributed by atoms with Gasteiger partial charge in [0.1, 0.15) is 0 Å². The molecule has 0 aliphatic heterocycles. The predicted molar refractivity (Wildman–Crippen MR) is 108 cm³/mol. The molecule has 4 N–H and O–H groups in total. The highest BCUT2D eigenvalue weighted by Gasteiger charge is 2.02. The molecule has 6 nitrogen and oxygen atoms in total. The summed E-state index contributed by atoms with van der Waals surface area (Å²) >= 11 is 0. The van der Waals surface area contributed by atoms with Crippen LogP contribution in [0.2, 0.25) is 0 Å². The molecule has 0 bridgehead atoms. The molecule has 26 heavy (non-hydrogen) atoms. The maximum atomic E-state index is 11.3. The number of hydrogen-bond acceptors (Lipinski definition) is 4. The Labute approximate surface area is 158 Å². The van der Waals surface area contributed by atoms with Gasteiger partial charge in [0.15, 0.2) is 0 Å². The molecular weight excluding hydrogens is 328 g/mol. The standard InChI is InChI=1S/C20H38N4O2/c1-17(21)15-19(25)23-13-11-9-7-5-3-4-6-8-10-12-14-24-20(26)16-18(2)22/h21-22H,3-16H2,1-2H3,(H,23,25)(H,24,26). The van der Waals surface area contributed by atoms with Gasteiger partial charge in [-0.1, -0.05) is 51.4 Å². The van der Waals surface area contributed by atoms with Gasteiger partial charge in [-0.2, -0.15) is 0 Å². The van der Waals surface area contributed by atoms with Crippen molar-refractivity contribution in [3.63, 3.8) is 0 Å². The molecule has 0 aromatic heterocycles. The summed E-state index contributed by atoms with van der Waals surface area (Å²) in [6.07, 6.45) is 12.3. The third kappa shape index (κ3) is 18.6. The van der Waals surface area contributed by atoms with E-state index in [0.717, 1.165) is 38.8 Å². The average molecular weight is 367 g/mol. The molecule has 0 unspecified atom stereocenters. The third-order valence-corrected chi connectivity index (χ3v) is 4.10. The summed E-state index contributed by atoms with van der Waals surface area (Å²) < 4.78 is 0. The predicted octanol–water partition coefficient (Wildman–Crippen LogP) is 3.98. The van der Waals surface area contributed by atoms with Crippen molar-refractivity contribution in [1.29, 1.82) is 10.8 Å². The van der Waals surface area contributed by atoms with Gasteiger partial charge in [-0.15, -0.1) is 0 Å². The van der Waals surface area contributed by atoms with Crippen LogP contribution in [0.15, 0.2) is 0 Å². The van der Waals surface area contributed by atoms with Gasteiger partial charge >= 0.3 is 0 Å². The highest BCUT2D eigenvalue weighted by molar-refractivity contribution is 5.98. The van der Waals surface area contributed by atoms with Crippen LogP contribution in [0.25, 0.3) is 0 Å². The molecule has 150 valence electrons. The first kappa shape index (κ1) is 24.3. The molecule has 0 spiro atoms. The van der Waals surface area contributed by atoms with Crippen LogP contribution in [0.5, 0.6) is 0 Å². The minimum Gasteiger partial charge on any atom is -0.356 e. The Kier molecular flexibility index (Phi) is 15.6. The Balaban J connectivity index is 3.20. The molecule has 2 amide bonds. The summed E-state index contributed by atoms with van der Waals surface area (Å²) in [5.41, 5.74) is 0.815. The molecule has 0 radical (unpaired) electrons. The molecule has 0 aliphatic rings. The highest BCUT2D eigenvalue weighted by atomic mass is 16.2. The Morgan fingerprint density at radius 2 is 0.846 bits per heavy atom. The Morgan fingerprint density at radius 3 is 1.12 bits per heavy atom. The van der Waals surface area contributed by atoms with E-state index in [1.807, 2.05) is 0 Å². The van der Waals surface area contributed by atoms with E-state index in [4.69, 9.17) is 10.8 Å². The Hall–Kier alpha value is -1.72. The van der Waals surface area contributed by atoms with Crippen LogP contribution in [0.4, 0.5) is 0 Å². The zero-order valence-corrected chi connectivity index (χ0v) is 16.7. The molecule has 0 heterocycles. The fourth-order valence-electron chi connectivity index (χ4n) is 2.73. The van der Waals surface area contributed by atoms with Crippen LogP contribution in [-0.4, -0.2) is 36.3 Å². The second-order valence-electron chi connectivity index (χ2n) is 7.15. The average Bonchev–Trinajstić information content (AvgIpc) is 2.53. The van der Waals surface area contributed by atoms with E-state index in [-0.39, 0.29) is 24.7 Å². The summed E-state index contributed by atoms with van der Waals surface area (Å²) in [7, 11) is 0. The van der Waals surface area contributed by atoms with Crippen molar-refractivity contribution in [2.75, 3.05) is 13.1 Å². The monoisotopic (exact) mass is 366 g/mol. The number of nitrogens with one attached hydrogen (secondary N) is 4. The number of amides is 2. The largest absolute Gasteiger partial charge is 0.356 e. The van der Waals surface area contributed by atoms with Crippen molar-refractivity contribution in [3.05, 3.63) is 0 Å². The first-order valence-electron chi connectivity index (χ1n) is 10.0. The van der Waals surface area contributed by atoms with Crippen molar-refractivity contribution in [3.8, 4) is 0 Å². The van der Waals surface area contributed by atoms with Gasteiger partial charge in [0.05, 0.1) is 12.8 Å². The molecule has 0 aromatic rings. The third-order valence-electron chi connectivity index (χ3n) is 4.10. The Morgan fingerprint density at radius 1 is 0.577 bits per heavy atom. The van der Waals surface area contributed by atoms with E-state index in [1.54, 1.807) is 13.8 Å². The molecule has 0 atom stereocenters. The van der Waals surface area contributed by atoms with E-state index in [1.165, 1.54) is 38.5 Å². The maximum Gasteiger partial charge on any atom is 0.225 e. The zero-order valence-electron chi connectivity index (χ0n) is 16.7. The summed E-state index contributed by atoms with van der Waals surface area (Å²) in [6, 6.07) is 0. The Bertz CT molecular complexity index is 396. The second-order valence-corrected chi connectivity index (χ2v) is 7.15. The van der Waals surface area contributed by atoms with Crippen molar-refractivity contribution >= 4 is 23.2 Å². The quantitative estimate of drug-likeness (QED) is 0.231. The lowest BCUT2D eigenvalue weighted by atomic mass is 10.1. The fraction of sp³-hybridized carbons (Fsp3) is 0.800. The van der Waals surface area contributed by atoms with Crippen LogP contribution >= 0.6 is 0 Å². The number of carbonyl (C=O) groups excluding carboxylic acids is 2. The van der Waals surface area contributed by atoms with Crippen molar-refractivity contribution < 1.29 is 9.59 Å². The summed E-state index contributed by atoms with van der Waals surface area (Å²) in [6.45, 7) is 4.75. The molecule has 0 fully saturated rings. The van der Waals surface area contributed by atoms with Crippen LogP contribution < -0.4 is 10.6 Å². The zero-order chi connectivity index (χ0) is 19.6. The van der Waals surface area contributed by atoms with Crippen LogP contribution in [-0.2, 0) is 9.59 Å². The molecule has 0 saturated carbocycles. The van der Waals surface area contributed by atoms with E-state index in [0.29, 0.717) is 11.4 Å². The second kappa shape index (κ2) is 16.7. The summed E-state index contributed by atoms with van der Waals surface area (Å²) in [5, 5.41) is 20.2. The van der Waals surface area contributed by atoms with E-state index in [2.05, 4.69) is 10.6 Å². The van der Waals surface area contributed by atoms with Crippen LogP contribution in [0.3, 0.4) is 0 Å². The lowest BCUT2D eigenvalue weighted by molar-refractivity contribution is -0.120. The minimum atomic E-state index is -0.0399. The SMILES string of the molecule is CC(=N)CC(=O)NCCCCCCCCCCCCNC(=O)CC(C)=N. The lowest BCUT2D eigenvalue weighted by Crippen LogP contribution is -2.25. The minimum absolute atomic E-state index is 0.0399. The first-order chi connectivity index (χ1) is 12.4. The van der Waals surface area contributed by atoms with Gasteiger partial charge in [-0.25, -0.2) is 0 Å². The molecule has 0 aromatic carbocycles. The van der Waals surface area contributed by atoms with Crippen molar-refractivity contribution in [2.45, 2.75) is 90.9 Å². The fourth-order valence-corrected chi connectivity index (χ4v) is 2.73. The van der Waals surface area contributed by atoms with E-state index >= 15 is 0 Å². The molecule has 0 rings (SSSR count). The summed E-state index contributed by atoms with van der Waals surface area (Å²) in [5.74, 6) is -0.0798. The molecule has 0 saturated heterocycles. The van der Waals surface area contributed by atoms with E-state index < -0.39 is 0 Å². The number of hydrogen-bond donors (Lipinski definition) is 4. The van der Waals surface area contributed by atoms with Crippen molar-refractivity contribution in [1.82, 2.24) is 10.6 Å². The normalized spacial score (nSPS) is 10.4. The van der Waals surface area contributed by atoms with Gasteiger partial charge in [-0.3, -0.25) is 9.59 Å². The number of unbranched alkanes of at least 4 members (excludes halogenated alkanes) is 9.